The fourth-order valence-electron chi connectivity index (χ4n) is 2.82. The molecular weight excluding hydrogens is 488 g/mol. The molecule has 0 bridgehead atoms. The molecule has 0 aliphatic rings. The summed E-state index contributed by atoms with van der Waals surface area (Å²) in [5.74, 6) is -0.334. The van der Waals surface area contributed by atoms with Crippen LogP contribution in [0.3, 0.4) is 0 Å². The van der Waals surface area contributed by atoms with E-state index in [4.69, 9.17) is 8.92 Å². The monoisotopic (exact) mass is 512 g/mol. The first-order valence-electron chi connectivity index (χ1n) is 10.7. The summed E-state index contributed by atoms with van der Waals surface area (Å²) in [6.45, 7) is 7.75. The minimum absolute atomic E-state index is 0.00950. The third-order valence-corrected chi connectivity index (χ3v) is 7.00. The lowest BCUT2D eigenvalue weighted by molar-refractivity contribution is -0.112. The molecule has 1 amide bonds. The van der Waals surface area contributed by atoms with Gasteiger partial charge < -0.3 is 8.92 Å². The van der Waals surface area contributed by atoms with Crippen LogP contribution in [0.15, 0.2) is 52.9 Å². The molecule has 0 fully saturated rings. The van der Waals surface area contributed by atoms with Gasteiger partial charge >= 0.3 is 10.1 Å². The van der Waals surface area contributed by atoms with Crippen LogP contribution in [0.1, 0.15) is 42.8 Å². The van der Waals surface area contributed by atoms with Crippen LogP contribution in [0, 0.1) is 18.3 Å². The Kier molecular flexibility index (Phi) is 8.22. The predicted molar refractivity (Wildman–Crippen MR) is 133 cm³/mol. The molecule has 0 spiro atoms. The maximum atomic E-state index is 12.7. The van der Waals surface area contributed by atoms with E-state index >= 15 is 0 Å². The Bertz CT molecular complexity index is 1390. The minimum Gasteiger partial charge on any atom is -0.490 e. The maximum absolute atomic E-state index is 12.7. The SMILES string of the molecule is CCOc1cc(/C=C(/C#N)C(=O)Nc2nnc(C(C)C)s2)ccc1OS(=O)(=O)c1ccc(C)cc1. The van der Waals surface area contributed by atoms with Gasteiger partial charge in [-0.1, -0.05) is 48.9 Å². The number of nitrogens with zero attached hydrogens (tertiary/aromatic N) is 3. The molecule has 0 unspecified atom stereocenters. The Hall–Kier alpha value is -3.75. The second-order valence-corrected chi connectivity index (χ2v) is 10.3. The number of amides is 1. The van der Waals surface area contributed by atoms with Crippen molar-refractivity contribution in [1.29, 1.82) is 5.26 Å². The molecule has 1 N–H and O–H groups in total. The lowest BCUT2D eigenvalue weighted by Gasteiger charge is -2.13. The molecule has 2 aromatic carbocycles. The first kappa shape index (κ1) is 25.9. The van der Waals surface area contributed by atoms with Gasteiger partial charge in [0.15, 0.2) is 11.5 Å². The number of aromatic nitrogens is 2. The van der Waals surface area contributed by atoms with Gasteiger partial charge in [-0.05, 0) is 49.8 Å². The van der Waals surface area contributed by atoms with Gasteiger partial charge in [-0.2, -0.15) is 13.7 Å². The molecule has 0 aliphatic heterocycles. The van der Waals surface area contributed by atoms with Gasteiger partial charge in [0.25, 0.3) is 5.91 Å². The molecule has 3 aromatic rings. The third-order valence-electron chi connectivity index (χ3n) is 4.61. The van der Waals surface area contributed by atoms with Crippen molar-refractivity contribution in [3.05, 3.63) is 64.2 Å². The average molecular weight is 513 g/mol. The van der Waals surface area contributed by atoms with Gasteiger partial charge in [0, 0.05) is 5.92 Å². The number of hydrogen-bond donors (Lipinski definition) is 1. The molecule has 35 heavy (non-hydrogen) atoms. The van der Waals surface area contributed by atoms with Crippen LogP contribution >= 0.6 is 11.3 Å². The molecule has 182 valence electrons. The summed E-state index contributed by atoms with van der Waals surface area (Å²) >= 11 is 1.23. The quantitative estimate of drug-likeness (QED) is 0.248. The number of carbonyl (C=O) groups excluding carboxylic acids is 1. The summed E-state index contributed by atoms with van der Waals surface area (Å²) < 4.78 is 36.2. The number of ether oxygens (including phenoxy) is 1. The number of rotatable bonds is 9. The lowest BCUT2D eigenvalue weighted by Crippen LogP contribution is -2.13. The average Bonchev–Trinajstić information content (AvgIpc) is 3.28. The van der Waals surface area contributed by atoms with Crippen LogP contribution in [0.25, 0.3) is 6.08 Å². The number of nitrogens with one attached hydrogen (secondary N) is 1. The van der Waals surface area contributed by atoms with E-state index in [1.807, 2.05) is 26.8 Å². The van der Waals surface area contributed by atoms with Crippen molar-refractivity contribution in [2.24, 2.45) is 0 Å². The van der Waals surface area contributed by atoms with Crippen molar-refractivity contribution in [2.45, 2.75) is 38.5 Å². The number of anilines is 1. The van der Waals surface area contributed by atoms with Crippen molar-refractivity contribution in [3.8, 4) is 17.6 Å². The molecule has 3 rings (SSSR count). The second kappa shape index (κ2) is 11.1. The summed E-state index contributed by atoms with van der Waals surface area (Å²) in [5.41, 5.74) is 1.19. The molecule has 9 nitrogen and oxygen atoms in total. The van der Waals surface area contributed by atoms with Gasteiger partial charge in [-0.3, -0.25) is 10.1 Å². The van der Waals surface area contributed by atoms with Crippen LogP contribution in [-0.2, 0) is 14.9 Å². The van der Waals surface area contributed by atoms with Crippen molar-refractivity contribution in [3.63, 3.8) is 0 Å². The smallest absolute Gasteiger partial charge is 0.339 e. The van der Waals surface area contributed by atoms with E-state index in [2.05, 4.69) is 15.5 Å². The summed E-state index contributed by atoms with van der Waals surface area (Å²) in [6.07, 6.45) is 1.36. The van der Waals surface area contributed by atoms with Crippen molar-refractivity contribution < 1.29 is 22.1 Å². The predicted octanol–water partition coefficient (Wildman–Crippen LogP) is 4.68. The number of aryl methyl sites for hydroxylation is 1. The Morgan fingerprint density at radius 3 is 2.49 bits per heavy atom. The van der Waals surface area contributed by atoms with Gasteiger partial charge in [0.1, 0.15) is 21.5 Å². The van der Waals surface area contributed by atoms with Crippen molar-refractivity contribution in [2.75, 3.05) is 11.9 Å². The fraction of sp³-hybridized carbons (Fsp3) is 0.250. The normalized spacial score (nSPS) is 11.7. The zero-order valence-corrected chi connectivity index (χ0v) is 21.2. The number of carbonyl (C=O) groups is 1. The highest BCUT2D eigenvalue weighted by Crippen LogP contribution is 2.32. The molecule has 0 saturated heterocycles. The zero-order valence-electron chi connectivity index (χ0n) is 19.6. The Labute approximate surface area is 208 Å². The van der Waals surface area contributed by atoms with E-state index in [0.29, 0.717) is 10.7 Å². The maximum Gasteiger partial charge on any atom is 0.339 e. The van der Waals surface area contributed by atoms with Crippen LogP contribution in [-0.4, -0.2) is 31.1 Å². The molecule has 0 aliphatic carbocycles. The van der Waals surface area contributed by atoms with Crippen LogP contribution < -0.4 is 14.2 Å². The van der Waals surface area contributed by atoms with Gasteiger partial charge in [-0.25, -0.2) is 0 Å². The molecule has 1 aromatic heterocycles. The minimum atomic E-state index is -4.09. The number of benzene rings is 2. The standard InChI is InChI=1S/C24H24N4O5S2/c1-5-32-21-13-17(8-11-20(21)33-35(30,31)19-9-6-16(4)7-10-19)12-18(14-25)22(29)26-24-28-27-23(34-24)15(2)3/h6-13,15H,5H2,1-4H3,(H,26,28,29)/b18-12-. The highest BCUT2D eigenvalue weighted by molar-refractivity contribution is 7.87. The van der Waals surface area contributed by atoms with Crippen LogP contribution in [0.5, 0.6) is 11.5 Å². The van der Waals surface area contributed by atoms with E-state index in [9.17, 15) is 18.5 Å². The van der Waals surface area contributed by atoms with Crippen molar-refractivity contribution >= 4 is 38.6 Å². The van der Waals surface area contributed by atoms with E-state index < -0.39 is 16.0 Å². The highest BCUT2D eigenvalue weighted by atomic mass is 32.2. The lowest BCUT2D eigenvalue weighted by atomic mass is 10.1. The summed E-state index contributed by atoms with van der Waals surface area (Å²) in [6, 6.07) is 12.6. The van der Waals surface area contributed by atoms with Crippen LogP contribution in [0.4, 0.5) is 5.13 Å². The largest absolute Gasteiger partial charge is 0.490 e. The Morgan fingerprint density at radius 2 is 1.89 bits per heavy atom. The van der Waals surface area contributed by atoms with Gasteiger partial charge in [0.2, 0.25) is 5.13 Å². The molecular formula is C24H24N4O5S2. The first-order valence-corrected chi connectivity index (χ1v) is 12.9. The zero-order chi connectivity index (χ0) is 25.6. The van der Waals surface area contributed by atoms with E-state index in [-0.39, 0.29) is 34.5 Å². The first-order chi connectivity index (χ1) is 16.6. The van der Waals surface area contributed by atoms with E-state index in [1.165, 1.54) is 47.7 Å². The van der Waals surface area contributed by atoms with E-state index in [0.717, 1.165) is 10.6 Å². The molecule has 0 atom stereocenters. The Balaban J connectivity index is 1.85. The molecule has 0 saturated carbocycles. The third kappa shape index (κ3) is 6.65. The molecule has 0 radical (unpaired) electrons. The Morgan fingerprint density at radius 1 is 1.17 bits per heavy atom. The topological polar surface area (TPSA) is 131 Å². The second-order valence-electron chi connectivity index (χ2n) is 7.71. The molecule has 11 heteroatoms. The molecule has 1 heterocycles. The van der Waals surface area contributed by atoms with E-state index in [1.54, 1.807) is 19.1 Å². The summed E-state index contributed by atoms with van der Waals surface area (Å²) in [7, 11) is -4.09. The van der Waals surface area contributed by atoms with Crippen molar-refractivity contribution in [1.82, 2.24) is 10.2 Å². The highest BCUT2D eigenvalue weighted by Gasteiger charge is 2.20. The fourth-order valence-corrected chi connectivity index (χ4v) is 4.50. The van der Waals surface area contributed by atoms with Gasteiger partial charge in [-0.15, -0.1) is 10.2 Å². The number of hydrogen-bond acceptors (Lipinski definition) is 9. The summed E-state index contributed by atoms with van der Waals surface area (Å²) in [5, 5.41) is 21.1. The number of nitriles is 1. The van der Waals surface area contributed by atoms with Gasteiger partial charge in [0.05, 0.1) is 6.61 Å². The summed E-state index contributed by atoms with van der Waals surface area (Å²) in [4.78, 5) is 12.6. The van der Waals surface area contributed by atoms with Crippen LogP contribution in [0.2, 0.25) is 0 Å².